The Labute approximate surface area is 142 Å². The number of anilines is 1. The van der Waals surface area contributed by atoms with Gasteiger partial charge in [-0.15, -0.1) is 0 Å². The van der Waals surface area contributed by atoms with Gasteiger partial charge in [0.25, 0.3) is 0 Å². The smallest absolute Gasteiger partial charge is 0.241 e. The minimum atomic E-state index is -3.55. The second-order valence-electron chi connectivity index (χ2n) is 7.12. The lowest BCUT2D eigenvalue weighted by atomic mass is 9.92. The van der Waals surface area contributed by atoms with Crippen LogP contribution in [0.4, 0.5) is 5.69 Å². The summed E-state index contributed by atoms with van der Waals surface area (Å²) >= 11 is 0. The van der Waals surface area contributed by atoms with E-state index in [2.05, 4.69) is 10.0 Å². The highest BCUT2D eigenvalue weighted by Crippen LogP contribution is 2.39. The topological polar surface area (TPSA) is 78.5 Å². The summed E-state index contributed by atoms with van der Waals surface area (Å²) < 4.78 is 28.6. The predicted octanol–water partition coefficient (Wildman–Crippen LogP) is 1.23. The van der Waals surface area contributed by atoms with Crippen LogP contribution in [0.15, 0.2) is 29.2 Å². The lowest BCUT2D eigenvalue weighted by Crippen LogP contribution is -2.51. The largest absolute Gasteiger partial charge is 0.315 e. The van der Waals surface area contributed by atoms with Crippen LogP contribution in [0.25, 0.3) is 0 Å². The minimum Gasteiger partial charge on any atom is -0.315 e. The van der Waals surface area contributed by atoms with Gasteiger partial charge in [0.15, 0.2) is 0 Å². The first-order valence-corrected chi connectivity index (χ1v) is 10.1. The van der Waals surface area contributed by atoms with E-state index in [4.69, 9.17) is 0 Å². The van der Waals surface area contributed by atoms with Crippen molar-refractivity contribution in [2.45, 2.75) is 42.5 Å². The van der Waals surface area contributed by atoms with Crippen LogP contribution in [0, 0.1) is 5.92 Å². The summed E-state index contributed by atoms with van der Waals surface area (Å²) in [5.74, 6) is 0.488. The first kappa shape index (κ1) is 16.1. The monoisotopic (exact) mass is 349 g/mol. The van der Waals surface area contributed by atoms with Crippen molar-refractivity contribution in [3.05, 3.63) is 24.3 Å². The van der Waals surface area contributed by atoms with Gasteiger partial charge in [0.05, 0.1) is 4.90 Å². The van der Waals surface area contributed by atoms with Gasteiger partial charge >= 0.3 is 0 Å². The van der Waals surface area contributed by atoms with Gasteiger partial charge < -0.3 is 10.2 Å². The molecular formula is C17H23N3O3S. The fraction of sp³-hybridized carbons (Fsp3) is 0.588. The Morgan fingerprint density at radius 3 is 2.71 bits per heavy atom. The van der Waals surface area contributed by atoms with Crippen LogP contribution in [0.1, 0.15) is 32.1 Å². The van der Waals surface area contributed by atoms with Crippen molar-refractivity contribution in [2.24, 2.45) is 5.92 Å². The standard InChI is InChI=1S/C17H23N3O3S/c21-16-4-2-10-20(16)14-5-7-15(8-6-14)24(22,23)19-17-9-1-3-13(17)11-18-12-17/h5-8,13,18-19H,1-4,9-12H2/t13-,17-/m0/s1. The van der Waals surface area contributed by atoms with Crippen molar-refractivity contribution >= 4 is 21.6 Å². The summed E-state index contributed by atoms with van der Waals surface area (Å²) in [6.07, 6.45) is 4.47. The molecule has 1 saturated carbocycles. The number of fused-ring (bicyclic) bond motifs is 1. The molecule has 0 aromatic heterocycles. The fourth-order valence-corrected chi connectivity index (χ4v) is 5.86. The first-order chi connectivity index (χ1) is 11.5. The lowest BCUT2D eigenvalue weighted by molar-refractivity contribution is -0.117. The highest BCUT2D eigenvalue weighted by molar-refractivity contribution is 7.89. The molecule has 3 fully saturated rings. The van der Waals surface area contributed by atoms with Gasteiger partial charge in [0.1, 0.15) is 0 Å². The highest BCUT2D eigenvalue weighted by atomic mass is 32.2. The zero-order valence-corrected chi connectivity index (χ0v) is 14.4. The molecule has 24 heavy (non-hydrogen) atoms. The Morgan fingerprint density at radius 1 is 1.21 bits per heavy atom. The Bertz CT molecular complexity index is 735. The number of carbonyl (C=O) groups is 1. The molecule has 7 heteroatoms. The number of benzene rings is 1. The molecule has 0 bridgehead atoms. The highest BCUT2D eigenvalue weighted by Gasteiger charge is 2.48. The Balaban J connectivity index is 1.55. The Kier molecular flexibility index (Phi) is 3.89. The number of hydrogen-bond acceptors (Lipinski definition) is 4. The summed E-state index contributed by atoms with van der Waals surface area (Å²) in [5, 5.41) is 3.32. The molecule has 2 N–H and O–H groups in total. The quantitative estimate of drug-likeness (QED) is 0.857. The maximum atomic E-state index is 12.8. The number of nitrogens with zero attached hydrogens (tertiary/aromatic N) is 1. The average Bonchev–Trinajstić information content (AvgIpc) is 3.22. The van der Waals surface area contributed by atoms with Crippen LogP contribution < -0.4 is 14.9 Å². The molecule has 2 saturated heterocycles. The number of carbonyl (C=O) groups excluding carboxylic acids is 1. The summed E-state index contributed by atoms with van der Waals surface area (Å²) in [6, 6.07) is 6.67. The first-order valence-electron chi connectivity index (χ1n) is 8.65. The van der Waals surface area contributed by atoms with Gasteiger partial charge in [-0.1, -0.05) is 6.42 Å². The second kappa shape index (κ2) is 5.82. The molecule has 0 spiro atoms. The molecule has 0 radical (unpaired) electrons. The minimum absolute atomic E-state index is 0.105. The molecule has 0 unspecified atom stereocenters. The van der Waals surface area contributed by atoms with Gasteiger partial charge in [-0.05, 0) is 56.0 Å². The van der Waals surface area contributed by atoms with Gasteiger partial charge in [-0.3, -0.25) is 4.79 Å². The molecule has 6 nitrogen and oxygen atoms in total. The molecule has 1 aromatic rings. The SMILES string of the molecule is O=C1CCCN1c1ccc(S(=O)(=O)N[C@]23CCC[C@H]2CNC3)cc1. The maximum Gasteiger partial charge on any atom is 0.241 e. The van der Waals surface area contributed by atoms with E-state index in [-0.39, 0.29) is 16.3 Å². The normalized spacial score (nSPS) is 30.1. The van der Waals surface area contributed by atoms with Crippen molar-refractivity contribution < 1.29 is 13.2 Å². The molecule has 2 atom stereocenters. The molecule has 2 aliphatic heterocycles. The number of nitrogens with one attached hydrogen (secondary N) is 2. The molecule has 2 heterocycles. The lowest BCUT2D eigenvalue weighted by Gasteiger charge is -2.29. The number of sulfonamides is 1. The molecule has 4 rings (SSSR count). The number of rotatable bonds is 4. The van der Waals surface area contributed by atoms with Gasteiger partial charge in [0.2, 0.25) is 15.9 Å². The molecular weight excluding hydrogens is 326 g/mol. The molecule has 1 aromatic carbocycles. The zero-order valence-electron chi connectivity index (χ0n) is 13.6. The Morgan fingerprint density at radius 2 is 2.00 bits per heavy atom. The van der Waals surface area contributed by atoms with Gasteiger partial charge in [-0.25, -0.2) is 13.1 Å². The van der Waals surface area contributed by atoms with Crippen LogP contribution in [-0.2, 0) is 14.8 Å². The van der Waals surface area contributed by atoms with E-state index in [0.717, 1.165) is 37.9 Å². The number of hydrogen-bond donors (Lipinski definition) is 2. The van der Waals surface area contributed by atoms with Crippen LogP contribution in [0.5, 0.6) is 0 Å². The number of amides is 1. The van der Waals surface area contributed by atoms with E-state index in [9.17, 15) is 13.2 Å². The summed E-state index contributed by atoms with van der Waals surface area (Å²) in [4.78, 5) is 13.8. The van der Waals surface area contributed by atoms with Crippen molar-refractivity contribution in [3.63, 3.8) is 0 Å². The van der Waals surface area contributed by atoms with E-state index in [1.54, 1.807) is 29.2 Å². The van der Waals surface area contributed by atoms with Crippen LogP contribution in [0.2, 0.25) is 0 Å². The van der Waals surface area contributed by atoms with Crippen molar-refractivity contribution in [3.8, 4) is 0 Å². The van der Waals surface area contributed by atoms with E-state index in [0.29, 0.717) is 25.4 Å². The molecule has 3 aliphatic rings. The van der Waals surface area contributed by atoms with Gasteiger partial charge in [0, 0.05) is 30.7 Å². The van der Waals surface area contributed by atoms with Crippen molar-refractivity contribution in [1.29, 1.82) is 0 Å². The maximum absolute atomic E-state index is 12.8. The van der Waals surface area contributed by atoms with Crippen molar-refractivity contribution in [2.75, 3.05) is 24.5 Å². The Hall–Kier alpha value is -1.44. The second-order valence-corrected chi connectivity index (χ2v) is 8.81. The average molecular weight is 349 g/mol. The third kappa shape index (κ3) is 2.64. The zero-order chi connectivity index (χ0) is 16.8. The van der Waals surface area contributed by atoms with E-state index in [1.807, 2.05) is 0 Å². The molecule has 1 amide bonds. The predicted molar refractivity (Wildman–Crippen MR) is 91.3 cm³/mol. The van der Waals surface area contributed by atoms with E-state index >= 15 is 0 Å². The van der Waals surface area contributed by atoms with Crippen LogP contribution >= 0.6 is 0 Å². The third-order valence-corrected chi connectivity index (χ3v) is 7.23. The van der Waals surface area contributed by atoms with Crippen molar-refractivity contribution in [1.82, 2.24) is 10.0 Å². The molecule has 1 aliphatic carbocycles. The fourth-order valence-electron chi connectivity index (χ4n) is 4.37. The van der Waals surface area contributed by atoms with Gasteiger partial charge in [-0.2, -0.15) is 0 Å². The summed E-state index contributed by atoms with van der Waals surface area (Å²) in [5.41, 5.74) is 0.443. The van der Waals surface area contributed by atoms with Crippen LogP contribution in [-0.4, -0.2) is 39.5 Å². The third-order valence-electron chi connectivity index (χ3n) is 5.66. The molecule has 130 valence electrons. The summed E-state index contributed by atoms with van der Waals surface area (Å²) in [6.45, 7) is 2.30. The van der Waals surface area contributed by atoms with E-state index < -0.39 is 10.0 Å². The van der Waals surface area contributed by atoms with Crippen LogP contribution in [0.3, 0.4) is 0 Å². The van der Waals surface area contributed by atoms with E-state index in [1.165, 1.54) is 0 Å². The summed E-state index contributed by atoms with van der Waals surface area (Å²) in [7, 11) is -3.55.